The summed E-state index contributed by atoms with van der Waals surface area (Å²) in [5.74, 6) is 0.160. The van der Waals surface area contributed by atoms with Crippen molar-refractivity contribution in [2.24, 2.45) is 0 Å². The van der Waals surface area contributed by atoms with E-state index in [4.69, 9.17) is 4.74 Å². The molecule has 5 nitrogen and oxygen atoms in total. The highest BCUT2D eigenvalue weighted by Gasteiger charge is 2.29. The molecule has 2 aromatic rings. The molecule has 26 heavy (non-hydrogen) atoms. The third kappa shape index (κ3) is 3.40. The number of fused-ring (bicyclic) bond motifs is 1. The van der Waals surface area contributed by atoms with Crippen molar-refractivity contribution < 1.29 is 14.3 Å². The van der Waals surface area contributed by atoms with E-state index in [1.54, 1.807) is 6.20 Å². The van der Waals surface area contributed by atoms with Crippen LogP contribution in [0.2, 0.25) is 0 Å². The van der Waals surface area contributed by atoms with Crippen molar-refractivity contribution in [1.82, 2.24) is 9.88 Å². The maximum atomic E-state index is 13.0. The first kappa shape index (κ1) is 16.9. The van der Waals surface area contributed by atoms with Gasteiger partial charge in [0.2, 0.25) is 0 Å². The second-order valence-electron chi connectivity index (χ2n) is 6.90. The fraction of sp³-hybridized carbons (Fsp3) is 0.381. The van der Waals surface area contributed by atoms with Gasteiger partial charge in [0.05, 0.1) is 18.4 Å². The van der Waals surface area contributed by atoms with E-state index in [0.717, 1.165) is 36.2 Å². The molecule has 0 saturated carbocycles. The third-order valence-electron chi connectivity index (χ3n) is 5.17. The van der Waals surface area contributed by atoms with Crippen molar-refractivity contribution in [3.63, 3.8) is 0 Å². The molecule has 1 aliphatic carbocycles. The highest BCUT2D eigenvalue weighted by Crippen LogP contribution is 2.27. The van der Waals surface area contributed by atoms with Gasteiger partial charge in [0.1, 0.15) is 0 Å². The average molecular weight is 350 g/mol. The molecule has 0 spiro atoms. The molecule has 1 saturated heterocycles. The number of carbonyl (C=O) groups is 2. The molecule has 2 heterocycles. The molecule has 1 aromatic heterocycles. The number of carbonyl (C=O) groups excluding carboxylic acids is 2. The number of amides is 1. The third-order valence-corrected chi connectivity index (χ3v) is 5.17. The van der Waals surface area contributed by atoms with Crippen LogP contribution >= 0.6 is 0 Å². The van der Waals surface area contributed by atoms with E-state index in [1.165, 1.54) is 0 Å². The van der Waals surface area contributed by atoms with Gasteiger partial charge in [0, 0.05) is 36.8 Å². The predicted molar refractivity (Wildman–Crippen MR) is 97.0 cm³/mol. The lowest BCUT2D eigenvalue weighted by Crippen LogP contribution is -2.43. The van der Waals surface area contributed by atoms with Gasteiger partial charge in [-0.05, 0) is 43.0 Å². The normalized spacial score (nSPS) is 19.5. The number of ketones is 1. The smallest absolute Gasteiger partial charge is 0.254 e. The molecule has 0 radical (unpaired) electrons. The molecule has 0 N–H and O–H groups in total. The Balaban J connectivity index is 1.43. The summed E-state index contributed by atoms with van der Waals surface area (Å²) in [5, 5.41) is 0. The largest absolute Gasteiger partial charge is 0.370 e. The molecule has 1 aromatic carbocycles. The van der Waals surface area contributed by atoms with E-state index < -0.39 is 0 Å². The van der Waals surface area contributed by atoms with Gasteiger partial charge >= 0.3 is 0 Å². The SMILES string of the molecule is O=C1CCc2c1cccc2C(=O)N1CCCC(OCc2ccccn2)C1. The molecule has 5 heteroatoms. The molecule has 4 rings (SSSR count). The number of Topliss-reactive ketones (excluding diaryl/α,β-unsaturated/α-hetero) is 1. The maximum absolute atomic E-state index is 13.0. The first-order valence-corrected chi connectivity index (χ1v) is 9.18. The number of rotatable bonds is 4. The fourth-order valence-electron chi connectivity index (χ4n) is 3.81. The summed E-state index contributed by atoms with van der Waals surface area (Å²) in [4.78, 5) is 31.1. The number of pyridine rings is 1. The summed E-state index contributed by atoms with van der Waals surface area (Å²) in [6.45, 7) is 1.78. The summed E-state index contributed by atoms with van der Waals surface area (Å²) in [5.41, 5.74) is 3.21. The number of hydrogen-bond acceptors (Lipinski definition) is 4. The van der Waals surface area contributed by atoms with Crippen LogP contribution in [0.25, 0.3) is 0 Å². The topological polar surface area (TPSA) is 59.5 Å². The van der Waals surface area contributed by atoms with Crippen LogP contribution < -0.4 is 0 Å². The van der Waals surface area contributed by atoms with Crippen LogP contribution in [0, 0.1) is 0 Å². The van der Waals surface area contributed by atoms with Crippen LogP contribution in [0.1, 0.15) is 51.2 Å². The highest BCUT2D eigenvalue weighted by atomic mass is 16.5. The summed E-state index contributed by atoms with van der Waals surface area (Å²) >= 11 is 0. The Morgan fingerprint density at radius 1 is 1.19 bits per heavy atom. The molecular weight excluding hydrogens is 328 g/mol. The predicted octanol–water partition coefficient (Wildman–Crippen LogP) is 3.03. The van der Waals surface area contributed by atoms with E-state index in [1.807, 2.05) is 41.3 Å². The molecule has 1 unspecified atom stereocenters. The van der Waals surface area contributed by atoms with E-state index in [2.05, 4.69) is 4.98 Å². The molecule has 134 valence electrons. The first-order chi connectivity index (χ1) is 12.7. The molecule has 1 aliphatic heterocycles. The van der Waals surface area contributed by atoms with E-state index in [-0.39, 0.29) is 17.8 Å². The zero-order valence-corrected chi connectivity index (χ0v) is 14.7. The van der Waals surface area contributed by atoms with Gasteiger partial charge in [-0.15, -0.1) is 0 Å². The van der Waals surface area contributed by atoms with Crippen LogP contribution in [-0.4, -0.2) is 40.8 Å². The summed E-state index contributed by atoms with van der Waals surface area (Å²) in [7, 11) is 0. The lowest BCUT2D eigenvalue weighted by molar-refractivity contribution is -0.00788. The van der Waals surface area contributed by atoms with Crippen molar-refractivity contribution in [3.05, 3.63) is 65.0 Å². The van der Waals surface area contributed by atoms with E-state index in [0.29, 0.717) is 31.6 Å². The van der Waals surface area contributed by atoms with Gasteiger partial charge in [0.15, 0.2) is 5.78 Å². The van der Waals surface area contributed by atoms with Crippen LogP contribution in [0.5, 0.6) is 0 Å². The van der Waals surface area contributed by atoms with Crippen LogP contribution in [0.3, 0.4) is 0 Å². The van der Waals surface area contributed by atoms with Crippen molar-refractivity contribution in [3.8, 4) is 0 Å². The fourth-order valence-corrected chi connectivity index (χ4v) is 3.81. The lowest BCUT2D eigenvalue weighted by Gasteiger charge is -2.33. The Morgan fingerprint density at radius 3 is 2.96 bits per heavy atom. The molecule has 1 atom stereocenters. The van der Waals surface area contributed by atoms with Crippen molar-refractivity contribution >= 4 is 11.7 Å². The molecule has 1 fully saturated rings. The maximum Gasteiger partial charge on any atom is 0.254 e. The lowest BCUT2D eigenvalue weighted by atomic mass is 10.0. The number of piperidine rings is 1. The number of likely N-dealkylation sites (tertiary alicyclic amines) is 1. The average Bonchev–Trinajstić information content (AvgIpc) is 3.08. The van der Waals surface area contributed by atoms with Gasteiger partial charge in [-0.3, -0.25) is 14.6 Å². The van der Waals surface area contributed by atoms with Crippen LogP contribution in [-0.2, 0) is 17.8 Å². The summed E-state index contributed by atoms with van der Waals surface area (Å²) < 4.78 is 5.98. The summed E-state index contributed by atoms with van der Waals surface area (Å²) in [6, 6.07) is 11.3. The Bertz CT molecular complexity index is 819. The van der Waals surface area contributed by atoms with Gasteiger partial charge in [-0.1, -0.05) is 18.2 Å². The Labute approximate surface area is 153 Å². The quantitative estimate of drug-likeness (QED) is 0.850. The van der Waals surface area contributed by atoms with Crippen LogP contribution in [0.15, 0.2) is 42.6 Å². The Kier molecular flexibility index (Phi) is 4.80. The highest BCUT2D eigenvalue weighted by molar-refractivity contribution is 6.05. The second-order valence-corrected chi connectivity index (χ2v) is 6.90. The molecule has 1 amide bonds. The zero-order chi connectivity index (χ0) is 17.9. The van der Waals surface area contributed by atoms with Crippen molar-refractivity contribution in [2.45, 2.75) is 38.4 Å². The minimum atomic E-state index is 0.0164. The number of aromatic nitrogens is 1. The van der Waals surface area contributed by atoms with Gasteiger partial charge < -0.3 is 9.64 Å². The molecule has 0 bridgehead atoms. The number of ether oxygens (including phenoxy) is 1. The standard InChI is InChI=1S/C21H22N2O3/c24-20-10-9-17-18(20)7-3-8-19(17)21(25)23-12-4-6-16(13-23)26-14-15-5-1-2-11-22-15/h1-3,5,7-8,11,16H,4,6,9-10,12-14H2. The number of hydrogen-bond donors (Lipinski definition) is 0. The summed E-state index contributed by atoms with van der Waals surface area (Å²) in [6.07, 6.45) is 4.83. The van der Waals surface area contributed by atoms with Gasteiger partial charge in [-0.25, -0.2) is 0 Å². The minimum Gasteiger partial charge on any atom is -0.370 e. The first-order valence-electron chi connectivity index (χ1n) is 9.18. The van der Waals surface area contributed by atoms with Crippen molar-refractivity contribution in [1.29, 1.82) is 0 Å². The van der Waals surface area contributed by atoms with Crippen molar-refractivity contribution in [2.75, 3.05) is 13.1 Å². The van der Waals surface area contributed by atoms with Gasteiger partial charge in [-0.2, -0.15) is 0 Å². The van der Waals surface area contributed by atoms with Crippen LogP contribution in [0.4, 0.5) is 0 Å². The Morgan fingerprint density at radius 2 is 2.12 bits per heavy atom. The van der Waals surface area contributed by atoms with E-state index >= 15 is 0 Å². The molecular formula is C21H22N2O3. The minimum absolute atomic E-state index is 0.0164. The zero-order valence-electron chi connectivity index (χ0n) is 14.7. The number of nitrogens with zero attached hydrogens (tertiary/aromatic N) is 2. The second kappa shape index (κ2) is 7.38. The monoisotopic (exact) mass is 350 g/mol. The van der Waals surface area contributed by atoms with E-state index in [9.17, 15) is 9.59 Å². The molecule has 2 aliphatic rings. The van der Waals surface area contributed by atoms with Gasteiger partial charge in [0.25, 0.3) is 5.91 Å². The Hall–Kier alpha value is -2.53. The number of benzene rings is 1.